The van der Waals surface area contributed by atoms with Gasteiger partial charge in [-0.2, -0.15) is 0 Å². The first kappa shape index (κ1) is 20.8. The Morgan fingerprint density at radius 2 is 1.93 bits per heavy atom. The Labute approximate surface area is 170 Å². The Morgan fingerprint density at radius 1 is 1.14 bits per heavy atom. The first-order valence-electron chi connectivity index (χ1n) is 9.55. The van der Waals surface area contributed by atoms with Gasteiger partial charge in [0.15, 0.2) is 0 Å². The molecule has 154 valence electrons. The van der Waals surface area contributed by atoms with Crippen molar-refractivity contribution < 1.29 is 17.9 Å². The average molecular weight is 417 g/mol. The lowest BCUT2D eigenvalue weighted by atomic mass is 10.2. The number of rotatable bonds is 6. The number of carbonyl (C=O) groups is 1. The Bertz CT molecular complexity index is 988. The van der Waals surface area contributed by atoms with Crippen molar-refractivity contribution in [2.75, 3.05) is 18.5 Å². The van der Waals surface area contributed by atoms with Gasteiger partial charge >= 0.3 is 0 Å². The van der Waals surface area contributed by atoms with E-state index >= 15 is 0 Å². The van der Waals surface area contributed by atoms with E-state index in [1.807, 2.05) is 6.92 Å². The number of anilines is 1. The van der Waals surface area contributed by atoms with Gasteiger partial charge in [0.1, 0.15) is 11.4 Å². The molecule has 0 atom stereocenters. The van der Waals surface area contributed by atoms with Crippen LogP contribution < -0.4 is 14.8 Å². The third-order valence-electron chi connectivity index (χ3n) is 4.35. The van der Waals surface area contributed by atoms with E-state index in [1.54, 1.807) is 18.3 Å². The Kier molecular flexibility index (Phi) is 6.82. The molecule has 1 amide bonds. The molecular formula is C20H24N4O4S. The van der Waals surface area contributed by atoms with Gasteiger partial charge in [0.2, 0.25) is 5.88 Å². The predicted molar refractivity (Wildman–Crippen MR) is 111 cm³/mol. The van der Waals surface area contributed by atoms with E-state index in [4.69, 9.17) is 4.74 Å². The van der Waals surface area contributed by atoms with E-state index in [-0.39, 0.29) is 16.7 Å². The first-order chi connectivity index (χ1) is 14.0. The summed E-state index contributed by atoms with van der Waals surface area (Å²) in [7, 11) is -3.71. The molecule has 0 fully saturated rings. The lowest BCUT2D eigenvalue weighted by Crippen LogP contribution is -2.30. The second-order valence-electron chi connectivity index (χ2n) is 6.51. The fraction of sp³-hybridized carbons (Fsp3) is 0.350. The molecule has 0 saturated carbocycles. The largest absolute Gasteiger partial charge is 0.477 e. The molecule has 2 N–H and O–H groups in total. The Balaban J connectivity index is 1.70. The number of benzene rings is 1. The number of hydrogen-bond acceptors (Lipinski definition) is 6. The highest BCUT2D eigenvalue weighted by Gasteiger charge is 2.18. The zero-order valence-corrected chi connectivity index (χ0v) is 17.0. The summed E-state index contributed by atoms with van der Waals surface area (Å²) in [6.07, 6.45) is 5.12. The van der Waals surface area contributed by atoms with Gasteiger partial charge in [0.05, 0.1) is 11.5 Å². The second-order valence-corrected chi connectivity index (χ2v) is 8.19. The molecule has 2 aromatic rings. The van der Waals surface area contributed by atoms with E-state index < -0.39 is 10.0 Å². The third-order valence-corrected chi connectivity index (χ3v) is 5.74. The molecule has 0 unspecified atom stereocenters. The number of nitrogens with zero attached hydrogens (tertiary/aromatic N) is 2. The summed E-state index contributed by atoms with van der Waals surface area (Å²) in [5.74, 6) is 0.364. The van der Waals surface area contributed by atoms with Crippen molar-refractivity contribution in [3.63, 3.8) is 0 Å². The summed E-state index contributed by atoms with van der Waals surface area (Å²) in [6.45, 7) is 2.84. The number of carbonyl (C=O) groups excluding carboxylic acids is 1. The molecule has 0 aliphatic carbocycles. The van der Waals surface area contributed by atoms with E-state index in [2.05, 4.69) is 20.0 Å². The molecule has 1 aromatic heterocycles. The van der Waals surface area contributed by atoms with Gasteiger partial charge in [-0.1, -0.05) is 6.42 Å². The highest BCUT2D eigenvalue weighted by molar-refractivity contribution is 7.90. The number of amidine groups is 1. The van der Waals surface area contributed by atoms with Crippen LogP contribution in [0.15, 0.2) is 52.5 Å². The van der Waals surface area contributed by atoms with Crippen LogP contribution in [0.3, 0.4) is 0 Å². The molecule has 0 spiro atoms. The Hall–Kier alpha value is -2.94. The van der Waals surface area contributed by atoms with E-state index in [0.717, 1.165) is 19.3 Å². The van der Waals surface area contributed by atoms with Crippen molar-refractivity contribution >= 4 is 27.5 Å². The summed E-state index contributed by atoms with van der Waals surface area (Å²) in [5, 5.41) is 2.73. The van der Waals surface area contributed by atoms with Crippen LogP contribution in [0.4, 0.5) is 5.69 Å². The highest BCUT2D eigenvalue weighted by atomic mass is 32.2. The molecule has 29 heavy (non-hydrogen) atoms. The fourth-order valence-corrected chi connectivity index (χ4v) is 3.99. The van der Waals surface area contributed by atoms with Crippen molar-refractivity contribution in [3.05, 3.63) is 48.2 Å². The number of sulfonamides is 1. The molecule has 1 aliphatic heterocycles. The average Bonchev–Trinajstić information content (AvgIpc) is 2.97. The quantitative estimate of drug-likeness (QED) is 0.752. The van der Waals surface area contributed by atoms with E-state index in [1.165, 1.54) is 24.3 Å². The molecule has 0 radical (unpaired) electrons. The maximum Gasteiger partial charge on any atom is 0.262 e. The summed E-state index contributed by atoms with van der Waals surface area (Å²) in [5.41, 5.74) is 0.770. The first-order valence-corrected chi connectivity index (χ1v) is 11.0. The molecule has 1 aromatic carbocycles. The number of hydrogen-bond donors (Lipinski definition) is 2. The minimum atomic E-state index is -3.71. The van der Waals surface area contributed by atoms with Gasteiger partial charge in [-0.25, -0.2) is 13.4 Å². The smallest absolute Gasteiger partial charge is 0.262 e. The van der Waals surface area contributed by atoms with Crippen LogP contribution in [0.2, 0.25) is 0 Å². The lowest BCUT2D eigenvalue weighted by Gasteiger charge is -2.11. The van der Waals surface area contributed by atoms with Crippen LogP contribution in [0.25, 0.3) is 0 Å². The van der Waals surface area contributed by atoms with Gasteiger partial charge < -0.3 is 10.1 Å². The van der Waals surface area contributed by atoms with Crippen LogP contribution in [0.1, 0.15) is 43.0 Å². The summed E-state index contributed by atoms with van der Waals surface area (Å²) < 4.78 is 33.1. The second kappa shape index (κ2) is 9.51. The van der Waals surface area contributed by atoms with Gasteiger partial charge in [-0.05, 0) is 56.2 Å². The standard InChI is InChI=1S/C20H24N4O4S/c1-2-28-20-17(7-6-14-22-20)19(25)23-15-9-11-16(12-10-15)29(26,27)24-18-8-4-3-5-13-21-18/h6-7,9-12,14H,2-5,8,13H2,1H3,(H,21,24)(H,23,25). The number of nitrogens with one attached hydrogen (secondary N) is 2. The minimum absolute atomic E-state index is 0.110. The van der Waals surface area contributed by atoms with E-state index in [0.29, 0.717) is 36.7 Å². The number of aromatic nitrogens is 1. The van der Waals surface area contributed by atoms with Crippen LogP contribution in [0.5, 0.6) is 5.88 Å². The zero-order valence-electron chi connectivity index (χ0n) is 16.2. The number of ether oxygens (including phenoxy) is 1. The van der Waals surface area contributed by atoms with Crippen molar-refractivity contribution in [1.82, 2.24) is 9.71 Å². The SMILES string of the molecule is CCOc1ncccc1C(=O)Nc1ccc(S(=O)(=O)NC2=NCCCCC2)cc1. The third kappa shape index (κ3) is 5.54. The van der Waals surface area contributed by atoms with Gasteiger partial charge in [-0.3, -0.25) is 14.5 Å². The molecule has 9 heteroatoms. The monoisotopic (exact) mass is 416 g/mol. The molecule has 3 rings (SSSR count). The Morgan fingerprint density at radius 3 is 2.69 bits per heavy atom. The van der Waals surface area contributed by atoms with Crippen molar-refractivity contribution in [2.45, 2.75) is 37.5 Å². The van der Waals surface area contributed by atoms with Crippen LogP contribution in [0, 0.1) is 0 Å². The number of aliphatic imine (C=N–C) groups is 1. The fourth-order valence-electron chi connectivity index (χ4n) is 2.90. The van der Waals surface area contributed by atoms with Crippen LogP contribution in [-0.2, 0) is 10.0 Å². The summed E-state index contributed by atoms with van der Waals surface area (Å²) in [4.78, 5) is 21.0. The van der Waals surface area contributed by atoms with Crippen molar-refractivity contribution in [1.29, 1.82) is 0 Å². The summed E-state index contributed by atoms with van der Waals surface area (Å²) in [6, 6.07) is 9.23. The lowest BCUT2D eigenvalue weighted by molar-refractivity contribution is 0.102. The maximum atomic E-state index is 12.6. The van der Waals surface area contributed by atoms with Crippen molar-refractivity contribution in [3.8, 4) is 5.88 Å². The number of pyridine rings is 1. The van der Waals surface area contributed by atoms with Gasteiger partial charge in [0.25, 0.3) is 15.9 Å². The summed E-state index contributed by atoms with van der Waals surface area (Å²) >= 11 is 0. The molecular weight excluding hydrogens is 392 g/mol. The molecule has 2 heterocycles. The van der Waals surface area contributed by atoms with Crippen molar-refractivity contribution in [2.24, 2.45) is 4.99 Å². The van der Waals surface area contributed by atoms with E-state index in [9.17, 15) is 13.2 Å². The van der Waals surface area contributed by atoms with Crippen LogP contribution in [-0.4, -0.2) is 38.3 Å². The molecule has 0 bridgehead atoms. The molecule has 1 aliphatic rings. The maximum absolute atomic E-state index is 12.6. The van der Waals surface area contributed by atoms with Gasteiger partial charge in [0, 0.05) is 24.8 Å². The zero-order chi connectivity index (χ0) is 20.7. The predicted octanol–water partition coefficient (Wildman–Crippen LogP) is 2.98. The topological polar surface area (TPSA) is 110 Å². The molecule has 8 nitrogen and oxygen atoms in total. The highest BCUT2D eigenvalue weighted by Crippen LogP contribution is 2.19. The minimum Gasteiger partial charge on any atom is -0.477 e. The van der Waals surface area contributed by atoms with Crippen LogP contribution >= 0.6 is 0 Å². The normalized spacial score (nSPS) is 14.4. The number of amides is 1. The molecule has 0 saturated heterocycles. The van der Waals surface area contributed by atoms with Gasteiger partial charge in [-0.15, -0.1) is 0 Å².